The van der Waals surface area contributed by atoms with E-state index in [1.165, 1.54) is 30.4 Å². The van der Waals surface area contributed by atoms with Gasteiger partial charge in [0.2, 0.25) is 0 Å². The maximum Gasteiger partial charge on any atom is 0.129 e. The molecule has 1 nitrogen and oxygen atoms in total. The van der Waals surface area contributed by atoms with Gasteiger partial charge in [-0.3, -0.25) is 0 Å². The van der Waals surface area contributed by atoms with E-state index in [2.05, 4.69) is 52.8 Å². The lowest BCUT2D eigenvalue weighted by molar-refractivity contribution is -0.117. The normalized spacial score (nSPS) is 20.0. The Kier molecular flexibility index (Phi) is 4.84. The van der Waals surface area contributed by atoms with Crippen LogP contribution < -0.4 is 0 Å². The molecule has 2 rings (SSSR count). The Labute approximate surface area is 136 Å². The number of benzene rings is 1. The fraction of sp³-hybridized carbons (Fsp3) is 0.667. The predicted molar refractivity (Wildman–Crippen MR) is 94.5 cm³/mol. The van der Waals surface area contributed by atoms with Crippen LogP contribution in [-0.2, 0) is 22.0 Å². The van der Waals surface area contributed by atoms with Crippen molar-refractivity contribution in [2.75, 3.05) is 0 Å². The Morgan fingerprint density at radius 2 is 1.91 bits per heavy atom. The lowest BCUT2D eigenvalue weighted by atomic mass is 9.75. The van der Waals surface area contributed by atoms with Crippen molar-refractivity contribution in [1.82, 2.24) is 0 Å². The van der Waals surface area contributed by atoms with Crippen molar-refractivity contribution in [1.29, 1.82) is 0 Å². The summed E-state index contributed by atoms with van der Waals surface area (Å²) in [7, 11) is 0. The van der Waals surface area contributed by atoms with Crippen molar-refractivity contribution in [2.24, 2.45) is 5.92 Å². The van der Waals surface area contributed by atoms with Crippen LogP contribution in [0.3, 0.4) is 0 Å². The van der Waals surface area contributed by atoms with Gasteiger partial charge < -0.3 is 4.79 Å². The zero-order chi connectivity index (χ0) is 16.5. The molecule has 1 atom stereocenters. The third kappa shape index (κ3) is 3.62. The molecule has 1 aliphatic carbocycles. The molecule has 1 aromatic carbocycles. The number of unbranched alkanes of at least 4 members (excludes halogenated alkanes) is 1. The number of carbonyl (C=O) groups excluding carboxylic acids is 1. The Balaban J connectivity index is 2.11. The number of carbonyl (C=O) groups is 1. The van der Waals surface area contributed by atoms with Gasteiger partial charge in [0.05, 0.1) is 0 Å². The summed E-state index contributed by atoms with van der Waals surface area (Å²) in [5, 5.41) is 0. The van der Waals surface area contributed by atoms with Crippen molar-refractivity contribution in [3.05, 3.63) is 34.9 Å². The molecule has 0 spiro atoms. The van der Waals surface area contributed by atoms with Gasteiger partial charge in [-0.25, -0.2) is 0 Å². The number of ketones is 1. The first-order valence-electron chi connectivity index (χ1n) is 8.75. The van der Waals surface area contributed by atoms with Crippen molar-refractivity contribution in [2.45, 2.75) is 84.5 Å². The quantitative estimate of drug-likeness (QED) is 0.648. The molecule has 0 bridgehead atoms. The van der Waals surface area contributed by atoms with Crippen LogP contribution in [0.2, 0.25) is 0 Å². The highest BCUT2D eigenvalue weighted by Crippen LogP contribution is 2.46. The molecule has 0 heterocycles. The van der Waals surface area contributed by atoms with E-state index >= 15 is 0 Å². The van der Waals surface area contributed by atoms with E-state index in [0.29, 0.717) is 11.7 Å². The van der Waals surface area contributed by atoms with E-state index in [1.807, 2.05) is 0 Å². The highest BCUT2D eigenvalue weighted by Gasteiger charge is 2.39. The average molecular weight is 300 g/mol. The largest absolute Gasteiger partial charge is 0.300 e. The highest BCUT2D eigenvalue weighted by molar-refractivity contribution is 5.75. The van der Waals surface area contributed by atoms with Gasteiger partial charge in [0.1, 0.15) is 5.78 Å². The number of rotatable bonds is 5. The maximum absolute atomic E-state index is 11.1. The molecular weight excluding hydrogens is 268 g/mol. The number of fused-ring (bicyclic) bond motifs is 1. The third-order valence-electron chi connectivity index (χ3n) is 5.49. The van der Waals surface area contributed by atoms with Crippen LogP contribution in [0.4, 0.5) is 0 Å². The first-order valence-corrected chi connectivity index (χ1v) is 8.75. The molecule has 1 unspecified atom stereocenters. The maximum atomic E-state index is 11.1. The van der Waals surface area contributed by atoms with Gasteiger partial charge in [0.25, 0.3) is 0 Å². The molecule has 0 N–H and O–H groups in total. The number of hydrogen-bond acceptors (Lipinski definition) is 1. The molecule has 0 saturated carbocycles. The minimum Gasteiger partial charge on any atom is -0.300 e. The molecule has 0 fully saturated rings. The van der Waals surface area contributed by atoms with E-state index in [9.17, 15) is 4.79 Å². The van der Waals surface area contributed by atoms with Gasteiger partial charge in [-0.2, -0.15) is 0 Å². The first kappa shape index (κ1) is 17.2. The Morgan fingerprint density at radius 1 is 1.23 bits per heavy atom. The summed E-state index contributed by atoms with van der Waals surface area (Å²) in [6.45, 7) is 13.4. The fourth-order valence-corrected chi connectivity index (χ4v) is 3.79. The summed E-state index contributed by atoms with van der Waals surface area (Å²) in [6, 6.07) is 7.12. The van der Waals surface area contributed by atoms with E-state index in [4.69, 9.17) is 0 Å². The van der Waals surface area contributed by atoms with Crippen molar-refractivity contribution >= 4 is 5.78 Å². The monoisotopic (exact) mass is 300 g/mol. The summed E-state index contributed by atoms with van der Waals surface area (Å²) in [4.78, 5) is 11.1. The molecule has 0 amide bonds. The second-order valence-electron chi connectivity index (χ2n) is 8.69. The van der Waals surface area contributed by atoms with Gasteiger partial charge in [0.15, 0.2) is 0 Å². The molecule has 0 aliphatic heterocycles. The van der Waals surface area contributed by atoms with Crippen LogP contribution >= 0.6 is 0 Å². The van der Waals surface area contributed by atoms with Gasteiger partial charge in [0, 0.05) is 6.42 Å². The first-order chi connectivity index (χ1) is 10.1. The molecule has 1 aliphatic rings. The average Bonchev–Trinajstić information content (AvgIpc) is 2.65. The standard InChI is InChI=1S/C21H32O/c1-15(22)9-7-8-10-18-13-16-11-12-17(20(2,3)4)14-19(16)21(18,5)6/h11-12,14,18H,7-10,13H2,1-6H3. The molecule has 0 radical (unpaired) electrons. The smallest absolute Gasteiger partial charge is 0.129 e. The minimum atomic E-state index is 0.213. The van der Waals surface area contributed by atoms with Crippen LogP contribution in [0.25, 0.3) is 0 Å². The minimum absolute atomic E-state index is 0.213. The van der Waals surface area contributed by atoms with Crippen molar-refractivity contribution < 1.29 is 4.79 Å². The summed E-state index contributed by atoms with van der Waals surface area (Å²) >= 11 is 0. The molecule has 0 saturated heterocycles. The van der Waals surface area contributed by atoms with Gasteiger partial charge in [-0.1, -0.05) is 59.2 Å². The molecule has 1 heteroatoms. The summed E-state index contributed by atoms with van der Waals surface area (Å²) in [6.07, 6.45) is 5.40. The number of hydrogen-bond donors (Lipinski definition) is 0. The second kappa shape index (κ2) is 6.18. The van der Waals surface area contributed by atoms with Gasteiger partial charge >= 0.3 is 0 Å². The van der Waals surface area contributed by atoms with Crippen LogP contribution in [0.5, 0.6) is 0 Å². The van der Waals surface area contributed by atoms with E-state index < -0.39 is 0 Å². The van der Waals surface area contributed by atoms with Crippen LogP contribution in [0.15, 0.2) is 18.2 Å². The second-order valence-corrected chi connectivity index (χ2v) is 8.69. The molecule has 0 aromatic heterocycles. The third-order valence-corrected chi connectivity index (χ3v) is 5.49. The fourth-order valence-electron chi connectivity index (χ4n) is 3.79. The predicted octanol–water partition coefficient (Wildman–Crippen LogP) is 5.58. The highest BCUT2D eigenvalue weighted by atomic mass is 16.1. The Hall–Kier alpha value is -1.11. The van der Waals surface area contributed by atoms with Crippen molar-refractivity contribution in [3.63, 3.8) is 0 Å². The molecule has 1 aromatic rings. The van der Waals surface area contributed by atoms with Crippen LogP contribution in [0.1, 0.15) is 83.9 Å². The molecule has 122 valence electrons. The Bertz CT molecular complexity index is 546. The summed E-state index contributed by atoms with van der Waals surface area (Å²) < 4.78 is 0. The number of Topliss-reactive ketones (excluding diaryl/α,β-unsaturated/α-hetero) is 1. The molecule has 22 heavy (non-hydrogen) atoms. The summed E-state index contributed by atoms with van der Waals surface area (Å²) in [5.74, 6) is 1.04. The lowest BCUT2D eigenvalue weighted by Gasteiger charge is -2.29. The SMILES string of the molecule is CC(=O)CCCCC1Cc2ccc(C(C)(C)C)cc2C1(C)C. The van der Waals surface area contributed by atoms with E-state index in [0.717, 1.165) is 12.8 Å². The van der Waals surface area contributed by atoms with Crippen molar-refractivity contribution in [3.8, 4) is 0 Å². The van der Waals surface area contributed by atoms with Gasteiger partial charge in [-0.15, -0.1) is 0 Å². The lowest BCUT2D eigenvalue weighted by Crippen LogP contribution is -2.24. The Morgan fingerprint density at radius 3 is 2.50 bits per heavy atom. The zero-order valence-corrected chi connectivity index (χ0v) is 15.3. The van der Waals surface area contributed by atoms with E-state index in [1.54, 1.807) is 12.5 Å². The molecular formula is C21H32O. The summed E-state index contributed by atoms with van der Waals surface area (Å²) in [5.41, 5.74) is 5.00. The topological polar surface area (TPSA) is 17.1 Å². The zero-order valence-electron chi connectivity index (χ0n) is 15.3. The van der Waals surface area contributed by atoms with Crippen LogP contribution in [0, 0.1) is 5.92 Å². The van der Waals surface area contributed by atoms with E-state index in [-0.39, 0.29) is 10.8 Å². The van der Waals surface area contributed by atoms with Gasteiger partial charge in [-0.05, 0) is 59.6 Å². The van der Waals surface area contributed by atoms with Crippen LogP contribution in [-0.4, -0.2) is 5.78 Å².